The van der Waals surface area contributed by atoms with E-state index in [2.05, 4.69) is 13.2 Å². The molecule has 1 nitrogen and oxygen atoms in total. The minimum absolute atomic E-state index is 0.149. The van der Waals surface area contributed by atoms with Crippen molar-refractivity contribution in [3.63, 3.8) is 0 Å². The van der Waals surface area contributed by atoms with Gasteiger partial charge in [0, 0.05) is 0 Å². The summed E-state index contributed by atoms with van der Waals surface area (Å²) in [4.78, 5) is 0. The van der Waals surface area contributed by atoms with Crippen molar-refractivity contribution in [1.82, 2.24) is 0 Å². The summed E-state index contributed by atoms with van der Waals surface area (Å²) in [6.45, 7) is 7.21. The lowest BCUT2D eigenvalue weighted by atomic mass is 10.1. The summed E-state index contributed by atoms with van der Waals surface area (Å²) in [5.41, 5.74) is 7.07. The van der Waals surface area contributed by atoms with Crippen molar-refractivity contribution in [3.8, 4) is 0 Å². The molecule has 0 spiro atoms. The first-order chi connectivity index (χ1) is 6.69. The SMILES string of the molecule is C=C/C=C(\C=C)c1ccc(N)c(F)c1. The van der Waals surface area contributed by atoms with Crippen LogP contribution in [0.2, 0.25) is 0 Å². The third kappa shape index (κ3) is 2.10. The molecule has 14 heavy (non-hydrogen) atoms. The van der Waals surface area contributed by atoms with Gasteiger partial charge >= 0.3 is 0 Å². The lowest BCUT2D eigenvalue weighted by Gasteiger charge is -2.03. The molecule has 0 aliphatic carbocycles. The number of rotatable bonds is 3. The van der Waals surface area contributed by atoms with Crippen LogP contribution in [0.25, 0.3) is 5.57 Å². The van der Waals surface area contributed by atoms with Gasteiger partial charge in [-0.05, 0) is 23.3 Å². The molecule has 1 rings (SSSR count). The van der Waals surface area contributed by atoms with E-state index in [9.17, 15) is 4.39 Å². The maximum Gasteiger partial charge on any atom is 0.146 e. The van der Waals surface area contributed by atoms with Gasteiger partial charge in [0.15, 0.2) is 0 Å². The summed E-state index contributed by atoms with van der Waals surface area (Å²) in [5.74, 6) is -0.417. The van der Waals surface area contributed by atoms with Crippen LogP contribution in [-0.2, 0) is 0 Å². The van der Waals surface area contributed by atoms with E-state index in [4.69, 9.17) is 5.73 Å². The Morgan fingerprint density at radius 3 is 2.57 bits per heavy atom. The first kappa shape index (κ1) is 10.3. The zero-order chi connectivity index (χ0) is 10.6. The van der Waals surface area contributed by atoms with Crippen LogP contribution < -0.4 is 5.73 Å². The Labute approximate surface area is 83.1 Å². The number of nitrogen functional groups attached to an aromatic ring is 1. The van der Waals surface area contributed by atoms with Gasteiger partial charge in [-0.15, -0.1) is 0 Å². The predicted molar refractivity (Wildman–Crippen MR) is 59.2 cm³/mol. The molecule has 0 amide bonds. The van der Waals surface area contributed by atoms with Gasteiger partial charge in [0.05, 0.1) is 5.69 Å². The highest BCUT2D eigenvalue weighted by atomic mass is 19.1. The number of allylic oxidation sites excluding steroid dienone is 4. The molecule has 0 aliphatic heterocycles. The van der Waals surface area contributed by atoms with Crippen LogP contribution in [0.5, 0.6) is 0 Å². The molecule has 1 aromatic carbocycles. The molecule has 0 aromatic heterocycles. The van der Waals surface area contributed by atoms with Gasteiger partial charge < -0.3 is 5.73 Å². The van der Waals surface area contributed by atoms with Crippen LogP contribution in [-0.4, -0.2) is 0 Å². The van der Waals surface area contributed by atoms with E-state index in [0.717, 1.165) is 11.1 Å². The molecule has 72 valence electrons. The second-order valence-electron chi connectivity index (χ2n) is 2.80. The van der Waals surface area contributed by atoms with Gasteiger partial charge in [0.25, 0.3) is 0 Å². The summed E-state index contributed by atoms with van der Waals surface area (Å²) in [6.07, 6.45) is 5.04. The van der Waals surface area contributed by atoms with Crippen molar-refractivity contribution < 1.29 is 4.39 Å². The van der Waals surface area contributed by atoms with Crippen LogP contribution in [0.15, 0.2) is 49.6 Å². The molecule has 0 fully saturated rings. The second-order valence-corrected chi connectivity index (χ2v) is 2.80. The average molecular weight is 189 g/mol. The van der Waals surface area contributed by atoms with Crippen molar-refractivity contribution in [2.45, 2.75) is 0 Å². The van der Waals surface area contributed by atoms with Gasteiger partial charge in [-0.25, -0.2) is 4.39 Å². The standard InChI is InChI=1S/C12H12FN/c1-3-5-9(4-2)10-6-7-12(14)11(13)8-10/h3-8H,1-2,14H2/b9-5+. The summed E-state index contributed by atoms with van der Waals surface area (Å²) >= 11 is 0. The van der Waals surface area contributed by atoms with E-state index < -0.39 is 5.82 Å². The molecular weight excluding hydrogens is 177 g/mol. The Morgan fingerprint density at radius 2 is 2.07 bits per heavy atom. The van der Waals surface area contributed by atoms with Crippen molar-refractivity contribution in [1.29, 1.82) is 0 Å². The monoisotopic (exact) mass is 189 g/mol. The van der Waals surface area contributed by atoms with Crippen molar-refractivity contribution in [2.75, 3.05) is 5.73 Å². The molecule has 0 unspecified atom stereocenters. The smallest absolute Gasteiger partial charge is 0.146 e. The fraction of sp³-hybridized carbons (Fsp3) is 0. The first-order valence-corrected chi connectivity index (χ1v) is 4.19. The zero-order valence-corrected chi connectivity index (χ0v) is 7.83. The molecule has 2 heteroatoms. The number of benzene rings is 1. The molecule has 0 radical (unpaired) electrons. The minimum Gasteiger partial charge on any atom is -0.396 e. The summed E-state index contributed by atoms with van der Waals surface area (Å²) in [7, 11) is 0. The topological polar surface area (TPSA) is 26.0 Å². The molecule has 0 atom stereocenters. The number of hydrogen-bond acceptors (Lipinski definition) is 1. The number of anilines is 1. The molecule has 0 saturated carbocycles. The van der Waals surface area contributed by atoms with Gasteiger partial charge in [-0.1, -0.05) is 37.5 Å². The molecular formula is C12H12FN. The van der Waals surface area contributed by atoms with E-state index in [0.29, 0.717) is 0 Å². The Morgan fingerprint density at radius 1 is 1.36 bits per heavy atom. The third-order valence-corrected chi connectivity index (χ3v) is 1.85. The van der Waals surface area contributed by atoms with Gasteiger partial charge in [-0.3, -0.25) is 0 Å². The maximum atomic E-state index is 13.1. The Hall–Kier alpha value is -1.83. The predicted octanol–water partition coefficient (Wildman–Crippen LogP) is 3.16. The molecule has 0 saturated heterocycles. The minimum atomic E-state index is -0.417. The summed E-state index contributed by atoms with van der Waals surface area (Å²) in [6, 6.07) is 4.66. The van der Waals surface area contributed by atoms with E-state index in [-0.39, 0.29) is 5.69 Å². The van der Waals surface area contributed by atoms with Gasteiger partial charge in [0.2, 0.25) is 0 Å². The van der Waals surface area contributed by atoms with Crippen molar-refractivity contribution in [2.24, 2.45) is 0 Å². The Bertz CT molecular complexity index is 391. The normalized spacial score (nSPS) is 11.1. The van der Waals surface area contributed by atoms with Crippen LogP contribution in [0.1, 0.15) is 5.56 Å². The van der Waals surface area contributed by atoms with E-state index in [1.165, 1.54) is 12.1 Å². The molecule has 0 heterocycles. The highest BCUT2D eigenvalue weighted by molar-refractivity contribution is 5.75. The van der Waals surface area contributed by atoms with E-state index in [1.54, 1.807) is 24.3 Å². The second kappa shape index (κ2) is 4.42. The zero-order valence-electron chi connectivity index (χ0n) is 7.83. The van der Waals surface area contributed by atoms with Crippen LogP contribution >= 0.6 is 0 Å². The van der Waals surface area contributed by atoms with E-state index in [1.807, 2.05) is 0 Å². The van der Waals surface area contributed by atoms with Crippen LogP contribution in [0.3, 0.4) is 0 Å². The van der Waals surface area contributed by atoms with Gasteiger partial charge in [-0.2, -0.15) is 0 Å². The number of halogens is 1. The molecule has 0 bridgehead atoms. The van der Waals surface area contributed by atoms with Gasteiger partial charge in [0.1, 0.15) is 5.82 Å². The fourth-order valence-corrected chi connectivity index (χ4v) is 1.12. The largest absolute Gasteiger partial charge is 0.396 e. The number of hydrogen-bond donors (Lipinski definition) is 1. The number of nitrogens with two attached hydrogens (primary N) is 1. The van der Waals surface area contributed by atoms with Crippen molar-refractivity contribution in [3.05, 3.63) is 61.0 Å². The van der Waals surface area contributed by atoms with Crippen LogP contribution in [0, 0.1) is 5.82 Å². The first-order valence-electron chi connectivity index (χ1n) is 4.19. The van der Waals surface area contributed by atoms with Crippen molar-refractivity contribution >= 4 is 11.3 Å². The lowest BCUT2D eigenvalue weighted by Crippen LogP contribution is -1.91. The molecule has 0 aliphatic rings. The Kier molecular flexibility index (Phi) is 3.24. The fourth-order valence-electron chi connectivity index (χ4n) is 1.12. The average Bonchev–Trinajstić information content (AvgIpc) is 2.19. The maximum absolute atomic E-state index is 13.1. The summed E-state index contributed by atoms with van der Waals surface area (Å²) < 4.78 is 13.1. The summed E-state index contributed by atoms with van der Waals surface area (Å²) in [5, 5.41) is 0. The highest BCUT2D eigenvalue weighted by Gasteiger charge is 2.01. The Balaban J connectivity index is 3.18. The van der Waals surface area contributed by atoms with Crippen LogP contribution in [0.4, 0.5) is 10.1 Å². The third-order valence-electron chi connectivity index (χ3n) is 1.85. The van der Waals surface area contributed by atoms with E-state index >= 15 is 0 Å². The quantitative estimate of drug-likeness (QED) is 0.573. The molecule has 2 N–H and O–H groups in total. The highest BCUT2D eigenvalue weighted by Crippen LogP contribution is 2.19. The lowest BCUT2D eigenvalue weighted by molar-refractivity contribution is 0.632. The molecule has 1 aromatic rings.